The topological polar surface area (TPSA) is 77.0 Å². The van der Waals surface area contributed by atoms with Gasteiger partial charge in [0.25, 0.3) is 0 Å². The minimum Gasteiger partial charge on any atom is -0.494 e. The first-order valence-electron chi connectivity index (χ1n) is 8.96. The molecule has 0 saturated carbocycles. The van der Waals surface area contributed by atoms with E-state index >= 15 is 0 Å². The summed E-state index contributed by atoms with van der Waals surface area (Å²) in [6.45, 7) is 4.92. The van der Waals surface area contributed by atoms with Gasteiger partial charge in [-0.15, -0.1) is 0 Å². The highest BCUT2D eigenvalue weighted by molar-refractivity contribution is 5.48. The van der Waals surface area contributed by atoms with Crippen LogP contribution in [0.3, 0.4) is 0 Å². The van der Waals surface area contributed by atoms with E-state index in [1.807, 2.05) is 31.2 Å². The maximum Gasteiger partial charge on any atom is 0.207 e. The molecule has 1 amide bonds. The van der Waals surface area contributed by atoms with Crippen LogP contribution in [0.4, 0.5) is 0 Å². The predicted octanol–water partition coefficient (Wildman–Crippen LogP) is 2.46. The number of ether oxygens (including phenoxy) is 3. The molecular formula is C19H31NO5. The van der Waals surface area contributed by atoms with Crippen molar-refractivity contribution in [2.45, 2.75) is 38.6 Å². The zero-order valence-electron chi connectivity index (χ0n) is 15.1. The maximum atomic E-state index is 10.5. The van der Waals surface area contributed by atoms with Crippen LogP contribution in [0.2, 0.25) is 0 Å². The number of rotatable bonds is 16. The molecule has 2 N–H and O–H groups in total. The van der Waals surface area contributed by atoms with Crippen LogP contribution in [-0.4, -0.2) is 51.2 Å². The van der Waals surface area contributed by atoms with Gasteiger partial charge in [-0.1, -0.05) is 18.6 Å². The second-order valence-electron chi connectivity index (χ2n) is 5.79. The molecule has 25 heavy (non-hydrogen) atoms. The quantitative estimate of drug-likeness (QED) is 0.353. The van der Waals surface area contributed by atoms with Crippen molar-refractivity contribution in [2.24, 2.45) is 0 Å². The summed E-state index contributed by atoms with van der Waals surface area (Å²) in [6.07, 6.45) is 4.97. The van der Waals surface area contributed by atoms with Crippen LogP contribution in [-0.2, 0) is 14.3 Å². The van der Waals surface area contributed by atoms with Crippen molar-refractivity contribution in [1.29, 1.82) is 0 Å². The molecule has 0 aromatic heterocycles. The first-order chi connectivity index (χ1) is 12.3. The smallest absolute Gasteiger partial charge is 0.207 e. The fraction of sp³-hybridized carbons (Fsp3) is 0.632. The average molecular weight is 353 g/mol. The summed E-state index contributed by atoms with van der Waals surface area (Å²) in [4.78, 5) is 10.5. The van der Waals surface area contributed by atoms with Crippen LogP contribution in [0.5, 0.6) is 5.75 Å². The van der Waals surface area contributed by atoms with E-state index in [0.717, 1.165) is 43.6 Å². The third-order valence-corrected chi connectivity index (χ3v) is 3.74. The Hall–Kier alpha value is -1.63. The summed E-state index contributed by atoms with van der Waals surface area (Å²) in [6, 6.07) is 7.80. The Morgan fingerprint density at radius 2 is 1.76 bits per heavy atom. The van der Waals surface area contributed by atoms with Crippen LogP contribution in [0.25, 0.3) is 0 Å². The molecule has 0 aliphatic heterocycles. The fourth-order valence-electron chi connectivity index (χ4n) is 2.31. The second kappa shape index (κ2) is 14.7. The van der Waals surface area contributed by atoms with Crippen molar-refractivity contribution < 1.29 is 24.1 Å². The van der Waals surface area contributed by atoms with Crippen molar-refractivity contribution >= 4 is 6.41 Å². The Morgan fingerprint density at radius 1 is 1.04 bits per heavy atom. The zero-order valence-corrected chi connectivity index (χ0v) is 15.1. The Morgan fingerprint density at radius 3 is 2.48 bits per heavy atom. The van der Waals surface area contributed by atoms with E-state index in [0.29, 0.717) is 32.8 Å². The maximum absolute atomic E-state index is 10.5. The number of nitrogens with one attached hydrogen (secondary N) is 1. The predicted molar refractivity (Wildman–Crippen MR) is 96.7 cm³/mol. The lowest BCUT2D eigenvalue weighted by molar-refractivity contribution is -0.110. The largest absolute Gasteiger partial charge is 0.494 e. The SMILES string of the molecule is CC(NC=O)c1cccc(OCCCCCCOCCOCCO)c1. The number of carbonyl (C=O) groups is 1. The number of amides is 1. The van der Waals surface area contributed by atoms with Gasteiger partial charge in [0.2, 0.25) is 6.41 Å². The molecule has 6 nitrogen and oxygen atoms in total. The van der Waals surface area contributed by atoms with Crippen LogP contribution >= 0.6 is 0 Å². The standard InChI is InChI=1S/C19H31NO5/c1-17(20-16-22)18-7-6-8-19(15-18)25-11-5-3-2-4-10-23-13-14-24-12-9-21/h6-8,15-17,21H,2-5,9-14H2,1H3,(H,20,22). The Balaban J connectivity index is 2.01. The average Bonchev–Trinajstić information content (AvgIpc) is 2.63. The molecule has 1 aromatic rings. The molecule has 6 heteroatoms. The van der Waals surface area contributed by atoms with E-state index in [4.69, 9.17) is 19.3 Å². The lowest BCUT2D eigenvalue weighted by Crippen LogP contribution is -2.16. The highest BCUT2D eigenvalue weighted by Crippen LogP contribution is 2.19. The minimum atomic E-state index is -0.0184. The highest BCUT2D eigenvalue weighted by atomic mass is 16.5. The summed E-state index contributed by atoms with van der Waals surface area (Å²) in [7, 11) is 0. The van der Waals surface area contributed by atoms with Gasteiger partial charge < -0.3 is 24.6 Å². The molecule has 0 heterocycles. The first-order valence-corrected chi connectivity index (χ1v) is 8.96. The van der Waals surface area contributed by atoms with Crippen molar-refractivity contribution in [3.63, 3.8) is 0 Å². The van der Waals surface area contributed by atoms with Gasteiger partial charge >= 0.3 is 0 Å². The Labute approximate surface area is 150 Å². The molecule has 0 bridgehead atoms. The summed E-state index contributed by atoms with van der Waals surface area (Å²) >= 11 is 0. The summed E-state index contributed by atoms with van der Waals surface area (Å²) in [5.41, 5.74) is 1.03. The zero-order chi connectivity index (χ0) is 18.2. The molecular weight excluding hydrogens is 322 g/mol. The fourth-order valence-corrected chi connectivity index (χ4v) is 2.31. The number of hydrogen-bond acceptors (Lipinski definition) is 5. The molecule has 142 valence electrons. The second-order valence-corrected chi connectivity index (χ2v) is 5.79. The summed E-state index contributed by atoms with van der Waals surface area (Å²) in [5, 5.41) is 11.3. The van der Waals surface area contributed by atoms with E-state index < -0.39 is 0 Å². The molecule has 0 saturated heterocycles. The van der Waals surface area contributed by atoms with Gasteiger partial charge in [0.15, 0.2) is 0 Å². The van der Waals surface area contributed by atoms with E-state index in [2.05, 4.69) is 5.32 Å². The molecule has 1 aromatic carbocycles. The number of unbranched alkanes of at least 4 members (excludes halogenated alkanes) is 3. The highest BCUT2D eigenvalue weighted by Gasteiger charge is 2.04. The molecule has 1 rings (SSSR count). The van der Waals surface area contributed by atoms with Gasteiger partial charge in [0, 0.05) is 6.61 Å². The third-order valence-electron chi connectivity index (χ3n) is 3.74. The van der Waals surface area contributed by atoms with Gasteiger partial charge in [0.05, 0.1) is 39.1 Å². The molecule has 0 fully saturated rings. The van der Waals surface area contributed by atoms with Gasteiger partial charge in [0.1, 0.15) is 5.75 Å². The number of carbonyl (C=O) groups excluding carboxylic acids is 1. The molecule has 0 spiro atoms. The normalized spacial score (nSPS) is 11.9. The molecule has 1 unspecified atom stereocenters. The van der Waals surface area contributed by atoms with Crippen LogP contribution in [0.1, 0.15) is 44.2 Å². The van der Waals surface area contributed by atoms with Crippen molar-refractivity contribution in [3.05, 3.63) is 29.8 Å². The van der Waals surface area contributed by atoms with Crippen LogP contribution < -0.4 is 10.1 Å². The number of benzene rings is 1. The van der Waals surface area contributed by atoms with E-state index in [1.54, 1.807) is 0 Å². The molecule has 0 radical (unpaired) electrons. The lowest BCUT2D eigenvalue weighted by Gasteiger charge is -2.12. The third kappa shape index (κ3) is 10.8. The minimum absolute atomic E-state index is 0.0184. The van der Waals surface area contributed by atoms with Gasteiger partial charge in [-0.05, 0) is 43.9 Å². The van der Waals surface area contributed by atoms with E-state index in [1.165, 1.54) is 0 Å². The molecule has 1 atom stereocenters. The monoisotopic (exact) mass is 353 g/mol. The number of aliphatic hydroxyl groups is 1. The number of aliphatic hydroxyl groups excluding tert-OH is 1. The van der Waals surface area contributed by atoms with Crippen molar-refractivity contribution in [3.8, 4) is 5.75 Å². The van der Waals surface area contributed by atoms with E-state index in [9.17, 15) is 4.79 Å². The van der Waals surface area contributed by atoms with Crippen molar-refractivity contribution in [2.75, 3.05) is 39.6 Å². The molecule has 0 aliphatic carbocycles. The van der Waals surface area contributed by atoms with Crippen LogP contribution in [0, 0.1) is 0 Å². The Kier molecular flexibility index (Phi) is 12.6. The number of hydrogen-bond donors (Lipinski definition) is 2. The van der Waals surface area contributed by atoms with Gasteiger partial charge in [-0.2, -0.15) is 0 Å². The van der Waals surface area contributed by atoms with Crippen molar-refractivity contribution in [1.82, 2.24) is 5.32 Å². The molecule has 0 aliphatic rings. The van der Waals surface area contributed by atoms with Gasteiger partial charge in [-0.3, -0.25) is 4.79 Å². The van der Waals surface area contributed by atoms with E-state index in [-0.39, 0.29) is 12.6 Å². The van der Waals surface area contributed by atoms with Gasteiger partial charge in [-0.25, -0.2) is 0 Å². The lowest BCUT2D eigenvalue weighted by atomic mass is 10.1. The Bertz CT molecular complexity index is 455. The summed E-state index contributed by atoms with van der Waals surface area (Å²) < 4.78 is 16.3. The van der Waals surface area contributed by atoms with Crippen LogP contribution in [0.15, 0.2) is 24.3 Å². The first kappa shape index (κ1) is 21.4. The summed E-state index contributed by atoms with van der Waals surface area (Å²) in [5.74, 6) is 0.836.